The molecule has 24 heavy (non-hydrogen) atoms. The Morgan fingerprint density at radius 1 is 1.38 bits per heavy atom. The van der Waals surface area contributed by atoms with E-state index < -0.39 is 0 Å². The number of hydrogen-bond acceptors (Lipinski definition) is 6. The van der Waals surface area contributed by atoms with Crippen molar-refractivity contribution in [3.63, 3.8) is 0 Å². The summed E-state index contributed by atoms with van der Waals surface area (Å²) in [5, 5.41) is 4.07. The van der Waals surface area contributed by atoms with Crippen LogP contribution in [0.3, 0.4) is 0 Å². The zero-order valence-electron chi connectivity index (χ0n) is 14.1. The van der Waals surface area contributed by atoms with E-state index in [4.69, 9.17) is 8.94 Å². The molecule has 0 spiro atoms. The van der Waals surface area contributed by atoms with Gasteiger partial charge in [-0.15, -0.1) is 0 Å². The molecule has 7 heteroatoms. The van der Waals surface area contributed by atoms with Gasteiger partial charge in [-0.1, -0.05) is 5.16 Å². The molecule has 1 unspecified atom stereocenters. The van der Waals surface area contributed by atoms with Crippen LogP contribution in [0.5, 0.6) is 0 Å². The number of furan rings is 1. The molecule has 2 aromatic heterocycles. The topological polar surface area (TPSA) is 75.6 Å². The second-order valence-electron chi connectivity index (χ2n) is 6.84. The summed E-state index contributed by atoms with van der Waals surface area (Å²) in [6, 6.07) is 3.86. The van der Waals surface area contributed by atoms with E-state index in [9.17, 15) is 4.79 Å². The summed E-state index contributed by atoms with van der Waals surface area (Å²) in [5.41, 5.74) is 0. The van der Waals surface area contributed by atoms with Gasteiger partial charge in [0.1, 0.15) is 5.76 Å². The molecule has 2 aromatic rings. The Morgan fingerprint density at radius 2 is 2.21 bits per heavy atom. The van der Waals surface area contributed by atoms with Crippen molar-refractivity contribution < 1.29 is 13.7 Å². The molecule has 1 amide bonds. The Morgan fingerprint density at radius 3 is 2.92 bits per heavy atom. The highest BCUT2D eigenvalue weighted by molar-refractivity contribution is 5.91. The molecule has 3 heterocycles. The van der Waals surface area contributed by atoms with Crippen molar-refractivity contribution in [1.82, 2.24) is 19.9 Å². The Bertz CT molecular complexity index is 734. The fourth-order valence-corrected chi connectivity index (χ4v) is 3.17. The fourth-order valence-electron chi connectivity index (χ4n) is 3.17. The minimum atomic E-state index is -0.0328. The summed E-state index contributed by atoms with van der Waals surface area (Å²) >= 11 is 0. The molecule has 2 aliphatic rings. The first-order valence-corrected chi connectivity index (χ1v) is 8.48. The van der Waals surface area contributed by atoms with Gasteiger partial charge >= 0.3 is 0 Å². The first-order valence-electron chi connectivity index (χ1n) is 8.48. The lowest BCUT2D eigenvalue weighted by atomic mass is 10.2. The summed E-state index contributed by atoms with van der Waals surface area (Å²) in [7, 11) is 2.04. The number of rotatable bonds is 5. The van der Waals surface area contributed by atoms with Crippen LogP contribution in [-0.4, -0.2) is 52.0 Å². The Hall–Kier alpha value is -2.15. The van der Waals surface area contributed by atoms with Crippen LogP contribution in [0.15, 0.2) is 21.1 Å². The van der Waals surface area contributed by atoms with Gasteiger partial charge in [-0.25, -0.2) is 0 Å². The summed E-state index contributed by atoms with van der Waals surface area (Å²) in [4.78, 5) is 21.0. The second-order valence-corrected chi connectivity index (χ2v) is 6.84. The highest BCUT2D eigenvalue weighted by Crippen LogP contribution is 2.38. The number of aryl methyl sites for hydroxylation is 1. The quantitative estimate of drug-likeness (QED) is 0.836. The molecule has 2 fully saturated rings. The number of nitrogens with zero attached hydrogens (tertiary/aromatic N) is 4. The number of likely N-dealkylation sites (N-methyl/N-ethyl adjacent to an activating group) is 1. The molecule has 1 aliphatic heterocycles. The summed E-state index contributed by atoms with van der Waals surface area (Å²) in [6.45, 7) is 3.93. The van der Waals surface area contributed by atoms with Crippen molar-refractivity contribution >= 4 is 5.91 Å². The van der Waals surface area contributed by atoms with Crippen molar-refractivity contribution in [2.45, 2.75) is 44.7 Å². The highest BCUT2D eigenvalue weighted by atomic mass is 16.5. The molecule has 0 radical (unpaired) electrons. The lowest BCUT2D eigenvalue weighted by molar-refractivity contribution is 0.0746. The normalized spacial score (nSPS) is 21.0. The first kappa shape index (κ1) is 15.4. The Balaban J connectivity index is 1.34. The zero-order chi connectivity index (χ0) is 16.7. The fraction of sp³-hybridized carbons (Fsp3) is 0.588. The summed E-state index contributed by atoms with van der Waals surface area (Å²) in [6.07, 6.45) is 3.25. The monoisotopic (exact) mass is 330 g/mol. The van der Waals surface area contributed by atoms with Crippen LogP contribution in [0.25, 0.3) is 0 Å². The van der Waals surface area contributed by atoms with Crippen molar-refractivity contribution in [3.8, 4) is 0 Å². The highest BCUT2D eigenvalue weighted by Gasteiger charge is 2.32. The molecule has 128 valence electrons. The van der Waals surface area contributed by atoms with Crippen molar-refractivity contribution in [3.05, 3.63) is 35.4 Å². The van der Waals surface area contributed by atoms with Gasteiger partial charge in [0.2, 0.25) is 5.89 Å². The van der Waals surface area contributed by atoms with E-state index in [1.807, 2.05) is 24.9 Å². The SMILES string of the molecule is Cc1ccc(C(=O)N2CCC(N(C)Cc3noc(C4CC4)n3)C2)o1. The van der Waals surface area contributed by atoms with Gasteiger partial charge in [-0.2, -0.15) is 4.98 Å². The number of carbonyl (C=O) groups is 1. The maximum atomic E-state index is 12.4. The van der Waals surface area contributed by atoms with Gasteiger partial charge in [0.25, 0.3) is 5.91 Å². The average Bonchev–Trinajstić information content (AvgIpc) is 2.99. The van der Waals surface area contributed by atoms with E-state index in [2.05, 4.69) is 15.0 Å². The van der Waals surface area contributed by atoms with Crippen LogP contribution in [0, 0.1) is 6.92 Å². The van der Waals surface area contributed by atoms with Crippen LogP contribution in [0.2, 0.25) is 0 Å². The van der Waals surface area contributed by atoms with Crippen LogP contribution >= 0.6 is 0 Å². The van der Waals surface area contributed by atoms with Crippen LogP contribution in [0.4, 0.5) is 0 Å². The number of amides is 1. The third-order valence-electron chi connectivity index (χ3n) is 4.83. The zero-order valence-corrected chi connectivity index (χ0v) is 14.1. The number of aromatic nitrogens is 2. The second kappa shape index (κ2) is 6.05. The predicted octanol–water partition coefficient (Wildman–Crippen LogP) is 2.19. The minimum absolute atomic E-state index is 0.0328. The van der Waals surface area contributed by atoms with Crippen LogP contribution in [0.1, 0.15) is 53.2 Å². The van der Waals surface area contributed by atoms with Crippen molar-refractivity contribution in [2.24, 2.45) is 0 Å². The number of likely N-dealkylation sites (tertiary alicyclic amines) is 1. The number of hydrogen-bond donors (Lipinski definition) is 0. The molecular formula is C17H22N4O3. The smallest absolute Gasteiger partial charge is 0.289 e. The maximum absolute atomic E-state index is 12.4. The molecule has 1 saturated carbocycles. The largest absolute Gasteiger partial charge is 0.456 e. The molecule has 1 aliphatic carbocycles. The van der Waals surface area contributed by atoms with E-state index >= 15 is 0 Å². The molecule has 4 rings (SSSR count). The third kappa shape index (κ3) is 3.08. The summed E-state index contributed by atoms with van der Waals surface area (Å²) in [5.74, 6) is 3.13. The molecule has 7 nitrogen and oxygen atoms in total. The average molecular weight is 330 g/mol. The molecule has 1 saturated heterocycles. The van der Waals surface area contributed by atoms with E-state index in [1.54, 1.807) is 6.07 Å². The van der Waals surface area contributed by atoms with Crippen LogP contribution < -0.4 is 0 Å². The molecule has 0 bridgehead atoms. The standard InChI is InChI=1S/C17H22N4O3/c1-11-3-6-14(23-11)17(22)21-8-7-13(9-21)20(2)10-15-18-16(24-19-15)12-4-5-12/h3,6,12-13H,4-5,7-10H2,1-2H3. The van der Waals surface area contributed by atoms with Gasteiger partial charge in [0, 0.05) is 25.0 Å². The molecule has 0 aromatic carbocycles. The van der Waals surface area contributed by atoms with Crippen molar-refractivity contribution in [1.29, 1.82) is 0 Å². The Labute approximate surface area is 140 Å². The lowest BCUT2D eigenvalue weighted by Crippen LogP contribution is -2.36. The van der Waals surface area contributed by atoms with Crippen molar-refractivity contribution in [2.75, 3.05) is 20.1 Å². The maximum Gasteiger partial charge on any atom is 0.289 e. The van der Waals surface area contributed by atoms with E-state index in [0.717, 1.165) is 43.3 Å². The minimum Gasteiger partial charge on any atom is -0.456 e. The molecule has 1 atom stereocenters. The van der Waals surface area contributed by atoms with E-state index in [1.165, 1.54) is 0 Å². The molecular weight excluding hydrogens is 308 g/mol. The van der Waals surface area contributed by atoms with Gasteiger partial charge in [-0.05, 0) is 45.4 Å². The third-order valence-corrected chi connectivity index (χ3v) is 4.83. The van der Waals surface area contributed by atoms with Gasteiger partial charge in [0.15, 0.2) is 11.6 Å². The summed E-state index contributed by atoms with van der Waals surface area (Å²) < 4.78 is 10.7. The first-order chi connectivity index (χ1) is 11.6. The molecule has 0 N–H and O–H groups in total. The van der Waals surface area contributed by atoms with Gasteiger partial charge in [0.05, 0.1) is 6.54 Å². The Kier molecular flexibility index (Phi) is 3.88. The van der Waals surface area contributed by atoms with E-state index in [-0.39, 0.29) is 5.91 Å². The van der Waals surface area contributed by atoms with Gasteiger partial charge in [-0.3, -0.25) is 9.69 Å². The van der Waals surface area contributed by atoms with Gasteiger partial charge < -0.3 is 13.8 Å². The number of carbonyl (C=O) groups excluding carboxylic acids is 1. The van der Waals surface area contributed by atoms with Crippen LogP contribution in [-0.2, 0) is 6.54 Å². The lowest BCUT2D eigenvalue weighted by Gasteiger charge is -2.23. The predicted molar refractivity (Wildman–Crippen MR) is 85.5 cm³/mol. The van der Waals surface area contributed by atoms with E-state index in [0.29, 0.717) is 30.8 Å².